The van der Waals surface area contributed by atoms with Crippen molar-refractivity contribution < 1.29 is 35.6 Å². The summed E-state index contributed by atoms with van der Waals surface area (Å²) < 4.78 is 7.76. The van der Waals surface area contributed by atoms with E-state index in [1.54, 1.807) is 0 Å². The monoisotopic (exact) mass is 416 g/mol. The molecule has 3 amide bonds. The van der Waals surface area contributed by atoms with Gasteiger partial charge in [-0.25, -0.2) is 4.79 Å². The van der Waals surface area contributed by atoms with Gasteiger partial charge in [0.05, 0.1) is 0 Å². The third-order valence-electron chi connectivity index (χ3n) is 4.31. The summed E-state index contributed by atoms with van der Waals surface area (Å²) in [6.07, 6.45) is 2.40. The molecule has 166 valence electrons. The molecule has 0 aromatic heterocycles. The van der Waals surface area contributed by atoms with E-state index < -0.39 is 47.8 Å². The first-order valence-electron chi connectivity index (χ1n) is 10.2. The minimum Gasteiger partial charge on any atom is -0.480 e. The molecule has 5 N–H and O–H groups in total. The van der Waals surface area contributed by atoms with Gasteiger partial charge in [-0.3, -0.25) is 19.2 Å². The highest BCUT2D eigenvalue weighted by Crippen LogP contribution is 2.12. The number of rotatable bonds is 14. The lowest BCUT2D eigenvalue weighted by Gasteiger charge is -2.18. The summed E-state index contributed by atoms with van der Waals surface area (Å²) in [6.45, 7) is 6.44. The Hall–Kier alpha value is -2.65. The lowest BCUT2D eigenvalue weighted by atomic mass is 10.00. The van der Waals surface area contributed by atoms with E-state index in [1.807, 2.05) is 13.8 Å². The van der Waals surface area contributed by atoms with Crippen LogP contribution in [0.1, 0.15) is 66.2 Å². The minimum absolute atomic E-state index is 0.109. The van der Waals surface area contributed by atoms with Crippen LogP contribution < -0.4 is 15.9 Å². The number of amides is 3. The van der Waals surface area contributed by atoms with Crippen LogP contribution in [0.3, 0.4) is 0 Å². The Morgan fingerprint density at radius 3 is 2.03 bits per heavy atom. The number of aliphatic carboxylic acids is 2. The van der Waals surface area contributed by atoms with Crippen LogP contribution in [0.4, 0.5) is 0 Å². The zero-order chi connectivity index (χ0) is 23.4. The number of carbonyl (C=O) groups is 5. The van der Waals surface area contributed by atoms with Gasteiger partial charge in [-0.1, -0.05) is 33.1 Å². The molecule has 4 atom stereocenters. The molecule has 0 rings (SSSR count). The fourth-order valence-electron chi connectivity index (χ4n) is 2.48. The van der Waals surface area contributed by atoms with Crippen molar-refractivity contribution in [2.24, 2.45) is 5.92 Å². The molecule has 0 unspecified atom stereocenters. The van der Waals surface area contributed by atoms with Crippen LogP contribution in [0.2, 0.25) is 1.41 Å². The maximum atomic E-state index is 12.2. The molecule has 0 saturated carbocycles. The first-order chi connectivity index (χ1) is 13.9. The van der Waals surface area contributed by atoms with E-state index in [4.69, 9.17) is 6.52 Å². The van der Waals surface area contributed by atoms with Gasteiger partial charge in [0.2, 0.25) is 17.7 Å². The second kappa shape index (κ2) is 13.5. The van der Waals surface area contributed by atoms with Crippen molar-refractivity contribution >= 4 is 29.7 Å². The normalized spacial score (nSPS) is 15.2. The Labute approximate surface area is 172 Å². The largest absolute Gasteiger partial charge is 0.480 e. The molecule has 0 radical (unpaired) electrons. The van der Waals surface area contributed by atoms with Crippen LogP contribution in [0.15, 0.2) is 0 Å². The predicted molar refractivity (Wildman–Crippen MR) is 105 cm³/mol. The summed E-state index contributed by atoms with van der Waals surface area (Å²) in [5.41, 5.74) is 0. The molecule has 0 aromatic carbocycles. The topological polar surface area (TPSA) is 162 Å². The summed E-state index contributed by atoms with van der Waals surface area (Å²) in [6, 6.07) is -3.74. The molecule has 0 aliphatic rings. The third kappa shape index (κ3) is 11.7. The summed E-state index contributed by atoms with van der Waals surface area (Å²) in [4.78, 5) is 58.3. The maximum absolute atomic E-state index is 12.2. The Morgan fingerprint density at radius 1 is 0.897 bits per heavy atom. The van der Waals surface area contributed by atoms with Crippen molar-refractivity contribution in [3.8, 4) is 0 Å². The molecule has 0 aliphatic heterocycles. The van der Waals surface area contributed by atoms with E-state index in [-0.39, 0.29) is 25.2 Å². The SMILES string of the molecule is [2H]N(C(=O)CC[C@@H](NC(=O)C[C@@H](C)CCCC)C(=O)O)[C@@H](C)C(=O)N[C@@H](C)C(=O)O. The second-order valence-corrected chi connectivity index (χ2v) is 7.22. The fraction of sp³-hybridized carbons (Fsp3) is 0.737. The van der Waals surface area contributed by atoms with Gasteiger partial charge < -0.3 is 26.2 Å². The van der Waals surface area contributed by atoms with Crippen LogP contribution in [0.5, 0.6) is 0 Å². The zero-order valence-electron chi connectivity index (χ0n) is 18.4. The number of unbranched alkanes of at least 4 members (excludes halogenated alkanes) is 1. The molecular weight excluding hydrogens is 382 g/mol. The first-order valence-corrected chi connectivity index (χ1v) is 9.76. The van der Waals surface area contributed by atoms with Crippen LogP contribution in [0, 0.1) is 5.92 Å². The smallest absolute Gasteiger partial charge is 0.326 e. The van der Waals surface area contributed by atoms with Gasteiger partial charge in [-0.05, 0) is 26.2 Å². The Morgan fingerprint density at radius 2 is 1.52 bits per heavy atom. The van der Waals surface area contributed by atoms with Gasteiger partial charge in [-0.15, -0.1) is 0 Å². The molecule has 29 heavy (non-hydrogen) atoms. The highest BCUT2D eigenvalue weighted by atomic mass is 16.4. The number of hydrogen-bond donors (Lipinski definition) is 5. The molecular formula is C19H33N3O7. The first kappa shape index (κ1) is 24.4. The number of carbonyl (C=O) groups excluding carboxylic acids is 3. The fourth-order valence-corrected chi connectivity index (χ4v) is 2.48. The number of nitrogens with one attached hydrogen (secondary N) is 3. The molecule has 0 heterocycles. The lowest BCUT2D eigenvalue weighted by molar-refractivity contribution is -0.142. The molecule has 0 aliphatic carbocycles. The summed E-state index contributed by atoms with van der Waals surface area (Å²) in [7, 11) is 0. The molecule has 10 heteroatoms. The second-order valence-electron chi connectivity index (χ2n) is 7.22. The molecule has 0 spiro atoms. The summed E-state index contributed by atoms with van der Waals surface area (Å²) in [5.74, 6) is -4.51. The van der Waals surface area contributed by atoms with Crippen LogP contribution in [0.25, 0.3) is 0 Å². The minimum atomic E-state index is -1.30. The summed E-state index contributed by atoms with van der Waals surface area (Å²) >= 11 is 0. The third-order valence-corrected chi connectivity index (χ3v) is 4.31. The van der Waals surface area contributed by atoms with Crippen LogP contribution >= 0.6 is 0 Å². The van der Waals surface area contributed by atoms with Crippen molar-refractivity contribution in [2.75, 3.05) is 0 Å². The number of carboxylic acids is 2. The van der Waals surface area contributed by atoms with E-state index in [0.717, 1.165) is 19.3 Å². The molecule has 0 aromatic rings. The van der Waals surface area contributed by atoms with Crippen molar-refractivity contribution in [1.82, 2.24) is 15.9 Å². The lowest BCUT2D eigenvalue weighted by Crippen LogP contribution is -2.49. The average molecular weight is 416 g/mol. The van der Waals surface area contributed by atoms with Gasteiger partial charge in [0.15, 0.2) is 1.41 Å². The Bertz CT molecular complexity index is 629. The van der Waals surface area contributed by atoms with Crippen LogP contribution in [-0.2, 0) is 24.0 Å². The highest BCUT2D eigenvalue weighted by Gasteiger charge is 2.24. The van der Waals surface area contributed by atoms with Crippen molar-refractivity contribution in [3.63, 3.8) is 0 Å². The Kier molecular flexibility index (Phi) is 11.4. The molecule has 0 saturated heterocycles. The van der Waals surface area contributed by atoms with Gasteiger partial charge in [0, 0.05) is 12.8 Å². The molecule has 10 nitrogen and oxygen atoms in total. The van der Waals surface area contributed by atoms with E-state index in [2.05, 4.69) is 10.6 Å². The standard InChI is InChI=1S/C19H33N3O7/c1-5-6-7-11(2)10-16(24)22-14(19(28)29)8-9-15(23)20-12(3)17(25)21-13(4)18(26)27/h11-14H,5-10H2,1-4H3,(H,20,23)(H,21,25)(H,22,24)(H,26,27)(H,28,29)/t11-,12-,13-,14+/m0/s1/i/hD. The van der Waals surface area contributed by atoms with Crippen molar-refractivity contribution in [2.45, 2.75) is 84.3 Å². The van der Waals surface area contributed by atoms with E-state index in [9.17, 15) is 29.1 Å². The van der Waals surface area contributed by atoms with Crippen LogP contribution in [-0.4, -0.2) is 58.0 Å². The average Bonchev–Trinajstić information content (AvgIpc) is 2.67. The zero-order valence-corrected chi connectivity index (χ0v) is 17.4. The van der Waals surface area contributed by atoms with Gasteiger partial charge in [0.1, 0.15) is 18.1 Å². The Balaban J connectivity index is 4.69. The maximum Gasteiger partial charge on any atom is 0.326 e. The van der Waals surface area contributed by atoms with Crippen molar-refractivity contribution in [1.29, 1.82) is 0 Å². The van der Waals surface area contributed by atoms with E-state index in [1.165, 1.54) is 13.8 Å². The predicted octanol–water partition coefficient (Wildman–Crippen LogP) is 0.646. The van der Waals surface area contributed by atoms with Crippen molar-refractivity contribution in [3.05, 3.63) is 0 Å². The molecule has 0 bridgehead atoms. The van der Waals surface area contributed by atoms with Gasteiger partial charge in [0.25, 0.3) is 0 Å². The number of hydrogen-bond acceptors (Lipinski definition) is 5. The molecule has 0 fully saturated rings. The quantitative estimate of drug-likeness (QED) is 0.277. The summed E-state index contributed by atoms with van der Waals surface area (Å²) in [5, 5.41) is 23.0. The highest BCUT2D eigenvalue weighted by molar-refractivity contribution is 5.90. The van der Waals surface area contributed by atoms with Gasteiger partial charge >= 0.3 is 11.9 Å². The van der Waals surface area contributed by atoms with Gasteiger partial charge in [-0.2, -0.15) is 0 Å². The van der Waals surface area contributed by atoms with E-state index in [0.29, 0.717) is 5.31 Å². The van der Waals surface area contributed by atoms with E-state index >= 15 is 0 Å². The number of carboxylic acid groups (broad SMARTS) is 2.